The Balaban J connectivity index is 2.48. The maximum absolute atomic E-state index is 13.2. The molecule has 0 saturated carbocycles. The van der Waals surface area contributed by atoms with E-state index in [9.17, 15) is 28.8 Å². The first-order chi connectivity index (χ1) is 34.5. The van der Waals surface area contributed by atoms with Gasteiger partial charge in [-0.3, -0.25) is 28.8 Å². The molecule has 1 rings (SSSR count). The van der Waals surface area contributed by atoms with Crippen molar-refractivity contribution in [1.82, 2.24) is 19.6 Å². The molecule has 1 atom stereocenters. The van der Waals surface area contributed by atoms with Gasteiger partial charge in [0.2, 0.25) is 11.8 Å². The van der Waals surface area contributed by atoms with E-state index in [0.29, 0.717) is 25.7 Å². The summed E-state index contributed by atoms with van der Waals surface area (Å²) >= 11 is 0. The Morgan fingerprint density at radius 2 is 0.704 bits per heavy atom. The number of ether oxygens (including phenoxy) is 4. The zero-order valence-corrected chi connectivity index (χ0v) is 46.3. The molecule has 0 N–H and O–H groups in total. The molecule has 2 amide bonds. The van der Waals surface area contributed by atoms with Gasteiger partial charge in [-0.15, -0.1) is 0 Å². The average molecular weight is 1010 g/mol. The summed E-state index contributed by atoms with van der Waals surface area (Å²) in [6, 6.07) is 0.443. The van der Waals surface area contributed by atoms with Crippen molar-refractivity contribution in [2.24, 2.45) is 0 Å². The number of esters is 4. The molecular formula is C57H106N4O10. The smallest absolute Gasteiger partial charge is 0.307 e. The predicted octanol–water partition coefficient (Wildman–Crippen LogP) is 11.4. The fraction of sp³-hybridized carbons (Fsp3) is 0.895. The molecule has 0 aliphatic carbocycles. The van der Waals surface area contributed by atoms with E-state index in [1.54, 1.807) is 0 Å². The summed E-state index contributed by atoms with van der Waals surface area (Å²) in [5, 5.41) is 0. The normalized spacial score (nSPS) is 13.6. The number of hydrogen-bond donors (Lipinski definition) is 0. The molecule has 0 spiro atoms. The van der Waals surface area contributed by atoms with E-state index in [4.69, 9.17) is 18.9 Å². The van der Waals surface area contributed by atoms with Gasteiger partial charge in [-0.1, -0.05) is 156 Å². The van der Waals surface area contributed by atoms with Gasteiger partial charge in [0.15, 0.2) is 0 Å². The largest absolute Gasteiger partial charge is 0.462 e. The molecule has 0 aromatic heterocycles. The van der Waals surface area contributed by atoms with Crippen LogP contribution in [0.1, 0.15) is 240 Å². The van der Waals surface area contributed by atoms with Gasteiger partial charge in [-0.05, 0) is 65.1 Å². The standard InChI is InChI=1S/C57H106N4O10/c1-6-10-14-18-22-26-40-60(41-27-23-19-15-11-7-2)52(62)32-34-54(64)68-47-49-70-56(66)37-45-59(44-36-51-31-30-39-58(51)5)46-38-57(67)71-50-48-69-55(65)35-33-53(63)61(42-28-24-20-16-12-8-3)43-29-25-21-17-13-9-4/h51H,6-50H2,1-5H3. The van der Waals surface area contributed by atoms with Crippen molar-refractivity contribution in [3.8, 4) is 0 Å². The molecule has 1 fully saturated rings. The van der Waals surface area contributed by atoms with Gasteiger partial charge >= 0.3 is 23.9 Å². The third-order valence-electron chi connectivity index (χ3n) is 13.9. The van der Waals surface area contributed by atoms with Crippen molar-refractivity contribution in [2.45, 2.75) is 246 Å². The van der Waals surface area contributed by atoms with Crippen molar-refractivity contribution in [1.29, 1.82) is 0 Å². The molecule has 1 aliphatic heterocycles. The second-order valence-electron chi connectivity index (χ2n) is 20.1. The lowest BCUT2D eigenvalue weighted by atomic mass is 10.1. The van der Waals surface area contributed by atoms with Crippen LogP contribution in [0.5, 0.6) is 0 Å². The Morgan fingerprint density at radius 1 is 0.394 bits per heavy atom. The second kappa shape index (κ2) is 46.5. The summed E-state index contributed by atoms with van der Waals surface area (Å²) in [5.41, 5.74) is 0. The fourth-order valence-electron chi connectivity index (χ4n) is 9.21. The van der Waals surface area contributed by atoms with Crippen LogP contribution in [0, 0.1) is 0 Å². The Bertz CT molecular complexity index is 1250. The molecule has 414 valence electrons. The summed E-state index contributed by atoms with van der Waals surface area (Å²) < 4.78 is 21.4. The van der Waals surface area contributed by atoms with Gasteiger partial charge in [0, 0.05) is 58.2 Å². The molecule has 0 bridgehead atoms. The van der Waals surface area contributed by atoms with Crippen LogP contribution < -0.4 is 0 Å². The molecule has 0 aromatic rings. The lowest BCUT2D eigenvalue weighted by Crippen LogP contribution is -2.35. The van der Waals surface area contributed by atoms with Crippen LogP contribution in [0.15, 0.2) is 0 Å². The van der Waals surface area contributed by atoms with Crippen molar-refractivity contribution in [2.75, 3.05) is 85.8 Å². The van der Waals surface area contributed by atoms with Gasteiger partial charge in [-0.2, -0.15) is 0 Å². The van der Waals surface area contributed by atoms with E-state index >= 15 is 0 Å². The maximum atomic E-state index is 13.2. The highest BCUT2D eigenvalue weighted by Gasteiger charge is 2.23. The minimum absolute atomic E-state index is 0.00495. The molecular weight excluding hydrogens is 901 g/mol. The zero-order valence-electron chi connectivity index (χ0n) is 46.3. The summed E-state index contributed by atoms with van der Waals surface area (Å²) in [7, 11) is 2.12. The Morgan fingerprint density at radius 3 is 1.01 bits per heavy atom. The number of amides is 2. The number of nitrogens with zero attached hydrogens (tertiary/aromatic N) is 4. The first-order valence-electron chi connectivity index (χ1n) is 29.1. The van der Waals surface area contributed by atoms with Crippen LogP contribution in [0.3, 0.4) is 0 Å². The van der Waals surface area contributed by atoms with Gasteiger partial charge < -0.3 is 38.5 Å². The van der Waals surface area contributed by atoms with E-state index in [2.05, 4.69) is 44.5 Å². The average Bonchev–Trinajstić information content (AvgIpc) is 3.78. The second-order valence-corrected chi connectivity index (χ2v) is 20.1. The molecule has 1 saturated heterocycles. The van der Waals surface area contributed by atoms with Crippen molar-refractivity contribution < 1.29 is 47.7 Å². The molecule has 1 heterocycles. The third-order valence-corrected chi connectivity index (χ3v) is 13.9. The minimum atomic E-state index is -0.479. The highest BCUT2D eigenvalue weighted by atomic mass is 16.6. The monoisotopic (exact) mass is 1010 g/mol. The van der Waals surface area contributed by atoms with Crippen LogP contribution >= 0.6 is 0 Å². The number of carbonyl (C=O) groups excluding carboxylic acids is 6. The Kier molecular flexibility index (Phi) is 43.1. The zero-order chi connectivity index (χ0) is 52.0. The van der Waals surface area contributed by atoms with Gasteiger partial charge in [-0.25, -0.2) is 0 Å². The van der Waals surface area contributed by atoms with Crippen molar-refractivity contribution >= 4 is 35.7 Å². The van der Waals surface area contributed by atoms with E-state index in [1.807, 2.05) is 9.80 Å². The SMILES string of the molecule is CCCCCCCCN(CCCCCCCC)C(=O)CCC(=O)OCCOC(=O)CCN(CCC(=O)OCCOC(=O)CCC(=O)N(CCCCCCCC)CCCCCCCC)CCC1CCCN1C. The number of rotatable bonds is 49. The Hall–Kier alpha value is -3.26. The first-order valence-corrected chi connectivity index (χ1v) is 29.1. The van der Waals surface area contributed by atoms with Gasteiger partial charge in [0.1, 0.15) is 26.4 Å². The molecule has 0 radical (unpaired) electrons. The summed E-state index contributed by atoms with van der Waals surface area (Å²) in [5.74, 6) is -1.82. The fourth-order valence-corrected chi connectivity index (χ4v) is 9.21. The van der Waals surface area contributed by atoms with Crippen LogP contribution in [-0.4, -0.2) is 147 Å². The molecule has 1 aliphatic rings. The first kappa shape index (κ1) is 65.8. The number of unbranched alkanes of at least 4 members (excludes halogenated alkanes) is 20. The highest BCUT2D eigenvalue weighted by Crippen LogP contribution is 2.19. The van der Waals surface area contributed by atoms with Gasteiger partial charge in [0.05, 0.1) is 25.7 Å². The van der Waals surface area contributed by atoms with Crippen molar-refractivity contribution in [3.05, 3.63) is 0 Å². The van der Waals surface area contributed by atoms with Crippen LogP contribution in [0.25, 0.3) is 0 Å². The van der Waals surface area contributed by atoms with E-state index in [1.165, 1.54) is 103 Å². The Labute approximate surface area is 433 Å². The van der Waals surface area contributed by atoms with Crippen LogP contribution in [0.4, 0.5) is 0 Å². The maximum Gasteiger partial charge on any atom is 0.307 e. The number of likely N-dealkylation sites (tertiary alicyclic amines) is 1. The lowest BCUT2D eigenvalue weighted by Gasteiger charge is -2.26. The topological polar surface area (TPSA) is 152 Å². The summed E-state index contributed by atoms with van der Waals surface area (Å²) in [6.45, 7) is 14.0. The molecule has 71 heavy (non-hydrogen) atoms. The summed E-state index contributed by atoms with van der Waals surface area (Å²) in [6.07, 6.45) is 31.4. The number of carbonyl (C=O) groups is 6. The molecule has 14 nitrogen and oxygen atoms in total. The van der Waals surface area contributed by atoms with E-state index < -0.39 is 23.9 Å². The van der Waals surface area contributed by atoms with E-state index in [-0.39, 0.29) is 76.8 Å². The predicted molar refractivity (Wildman–Crippen MR) is 285 cm³/mol. The molecule has 1 unspecified atom stereocenters. The van der Waals surface area contributed by atoms with Crippen LogP contribution in [-0.2, 0) is 47.7 Å². The van der Waals surface area contributed by atoms with E-state index in [0.717, 1.165) is 103 Å². The quantitative estimate of drug-likeness (QED) is 0.0324. The third kappa shape index (κ3) is 38.1. The highest BCUT2D eigenvalue weighted by molar-refractivity contribution is 5.82. The summed E-state index contributed by atoms with van der Waals surface area (Å²) in [4.78, 5) is 85.2. The van der Waals surface area contributed by atoms with Gasteiger partial charge in [0.25, 0.3) is 0 Å². The van der Waals surface area contributed by atoms with Crippen molar-refractivity contribution in [3.63, 3.8) is 0 Å². The van der Waals surface area contributed by atoms with Crippen LogP contribution in [0.2, 0.25) is 0 Å². The lowest BCUT2D eigenvalue weighted by molar-refractivity contribution is -0.153. The number of hydrogen-bond acceptors (Lipinski definition) is 12. The molecule has 0 aromatic carbocycles. The molecule has 14 heteroatoms. The minimum Gasteiger partial charge on any atom is -0.462 e.